The van der Waals surface area contributed by atoms with E-state index in [4.69, 9.17) is 0 Å². The molecule has 0 atom stereocenters. The van der Waals surface area contributed by atoms with Crippen LogP contribution in [0, 0.1) is 12.8 Å². The zero-order valence-electron chi connectivity index (χ0n) is 8.04. The fraction of sp³-hybridized carbons (Fsp3) is 0.778. The Morgan fingerprint density at radius 3 is 1.50 bits per heavy atom. The van der Waals surface area contributed by atoms with Gasteiger partial charge in [0.2, 0.25) is 0 Å². The van der Waals surface area contributed by atoms with E-state index in [9.17, 15) is 0 Å². The molecule has 0 aliphatic carbocycles. The van der Waals surface area contributed by atoms with E-state index in [1.165, 1.54) is 18.8 Å². The predicted molar refractivity (Wildman–Crippen MR) is 50.9 cm³/mol. The van der Waals surface area contributed by atoms with Crippen LogP contribution >= 0.6 is 0 Å². The molecular formula is C9H20Mg. The van der Waals surface area contributed by atoms with Gasteiger partial charge in [-0.1, -0.05) is 19.8 Å². The van der Waals surface area contributed by atoms with Crippen molar-refractivity contribution in [2.75, 3.05) is 0 Å². The molecule has 0 aliphatic rings. The molecular weight excluding hydrogens is 132 g/mol. The van der Waals surface area contributed by atoms with Crippen LogP contribution in [0.1, 0.15) is 47.0 Å². The first-order valence-electron chi connectivity index (χ1n) is 3.71. The summed E-state index contributed by atoms with van der Waals surface area (Å²) in [5.41, 5.74) is 0. The SMILES string of the molecule is C[C-](C)C.[CH2-]CCCC.[Mg+2]. The third-order valence-corrected chi connectivity index (χ3v) is 0.604. The largest absolute Gasteiger partial charge is 2.00 e. The molecule has 0 aromatic heterocycles. The van der Waals surface area contributed by atoms with Crippen molar-refractivity contribution in [2.24, 2.45) is 0 Å². The summed E-state index contributed by atoms with van der Waals surface area (Å²) in [5.74, 6) is 1.42. The summed E-state index contributed by atoms with van der Waals surface area (Å²) >= 11 is 0. The molecule has 1 heteroatoms. The van der Waals surface area contributed by atoms with Gasteiger partial charge in [0.1, 0.15) is 0 Å². The van der Waals surface area contributed by atoms with Gasteiger partial charge in [-0.25, -0.2) is 0 Å². The summed E-state index contributed by atoms with van der Waals surface area (Å²) in [7, 11) is 0. The molecule has 0 heterocycles. The zero-order valence-corrected chi connectivity index (χ0v) is 9.45. The zero-order chi connectivity index (χ0) is 7.70. The molecule has 0 spiro atoms. The van der Waals surface area contributed by atoms with Crippen molar-refractivity contribution in [2.45, 2.75) is 47.0 Å². The summed E-state index contributed by atoms with van der Waals surface area (Å²) in [6.07, 6.45) is 3.65. The Labute approximate surface area is 82.9 Å². The van der Waals surface area contributed by atoms with E-state index < -0.39 is 0 Å². The minimum absolute atomic E-state index is 0. The molecule has 0 unspecified atom stereocenters. The van der Waals surface area contributed by atoms with Crippen LogP contribution in [0.15, 0.2) is 0 Å². The van der Waals surface area contributed by atoms with E-state index >= 15 is 0 Å². The van der Waals surface area contributed by atoms with Crippen molar-refractivity contribution in [3.8, 4) is 0 Å². The number of unbranched alkanes of at least 4 members (excludes halogenated alkanes) is 2. The Morgan fingerprint density at radius 2 is 1.50 bits per heavy atom. The molecule has 0 amide bonds. The Morgan fingerprint density at radius 1 is 1.20 bits per heavy atom. The van der Waals surface area contributed by atoms with Crippen LogP contribution in [-0.4, -0.2) is 23.1 Å². The van der Waals surface area contributed by atoms with Crippen LogP contribution in [0.25, 0.3) is 0 Å². The third kappa shape index (κ3) is 69.1. The molecule has 0 aromatic rings. The number of hydrogen-bond donors (Lipinski definition) is 0. The topological polar surface area (TPSA) is 0 Å². The monoisotopic (exact) mass is 152 g/mol. The molecule has 0 saturated heterocycles. The smallest absolute Gasteiger partial charge is 0.343 e. The van der Waals surface area contributed by atoms with E-state index in [0.29, 0.717) is 0 Å². The Hall–Kier alpha value is 0.766. The maximum Gasteiger partial charge on any atom is 2.00 e. The fourth-order valence-electron chi connectivity index (χ4n) is 0.250. The van der Waals surface area contributed by atoms with Crippen LogP contribution < -0.4 is 0 Å². The van der Waals surface area contributed by atoms with E-state index in [0.717, 1.165) is 6.42 Å². The van der Waals surface area contributed by atoms with Crippen molar-refractivity contribution in [3.05, 3.63) is 12.8 Å². The third-order valence-electron chi connectivity index (χ3n) is 0.604. The second-order valence-corrected chi connectivity index (χ2v) is 2.71. The molecule has 10 heavy (non-hydrogen) atoms. The van der Waals surface area contributed by atoms with Crippen molar-refractivity contribution >= 4 is 23.1 Å². The van der Waals surface area contributed by atoms with Gasteiger partial charge in [0.05, 0.1) is 0 Å². The molecule has 0 fully saturated rings. The van der Waals surface area contributed by atoms with Gasteiger partial charge < -0.3 is 12.8 Å². The molecule has 0 aromatic carbocycles. The standard InChI is InChI=1S/C5H11.C4H9.Mg/c1-3-5-4-2;1-4(2)3;/h1,3-5H2,2H3;1-3H3;/q2*-1;+2. The summed E-state index contributed by atoms with van der Waals surface area (Å²) in [6, 6.07) is 0. The molecule has 58 valence electrons. The first kappa shape index (κ1) is 17.0. The van der Waals surface area contributed by atoms with Gasteiger partial charge in [-0.2, -0.15) is 27.2 Å². The van der Waals surface area contributed by atoms with E-state index in [-0.39, 0.29) is 23.1 Å². The normalized spacial score (nSPS) is 7.80. The van der Waals surface area contributed by atoms with Crippen molar-refractivity contribution < 1.29 is 0 Å². The maximum atomic E-state index is 3.68. The average molecular weight is 153 g/mol. The van der Waals surface area contributed by atoms with Crippen LogP contribution in [0.3, 0.4) is 0 Å². The molecule has 0 saturated carbocycles. The molecule has 0 radical (unpaired) electrons. The van der Waals surface area contributed by atoms with Gasteiger partial charge in [-0.15, -0.1) is 0 Å². The Bertz CT molecular complexity index is 29.0. The second-order valence-electron chi connectivity index (χ2n) is 2.71. The van der Waals surface area contributed by atoms with Gasteiger partial charge in [-0.3, -0.25) is 0 Å². The molecule has 0 N–H and O–H groups in total. The minimum atomic E-state index is 0. The van der Waals surface area contributed by atoms with E-state index in [1.807, 2.05) is 0 Å². The van der Waals surface area contributed by atoms with Crippen LogP contribution in [-0.2, 0) is 0 Å². The molecule has 0 bridgehead atoms. The molecule has 0 rings (SSSR count). The first-order chi connectivity index (χ1) is 4.15. The second kappa shape index (κ2) is 16.4. The summed E-state index contributed by atoms with van der Waals surface area (Å²) < 4.78 is 0. The van der Waals surface area contributed by atoms with Crippen LogP contribution in [0.2, 0.25) is 0 Å². The van der Waals surface area contributed by atoms with Gasteiger partial charge in [0, 0.05) is 0 Å². The fourth-order valence-corrected chi connectivity index (χ4v) is 0.250. The average Bonchev–Trinajstić information content (AvgIpc) is 1.66. The first-order valence-corrected chi connectivity index (χ1v) is 3.71. The summed E-state index contributed by atoms with van der Waals surface area (Å²) in [5, 5.41) is 0. The quantitative estimate of drug-likeness (QED) is 0.421. The maximum absolute atomic E-state index is 3.68. The van der Waals surface area contributed by atoms with Crippen LogP contribution in [0.4, 0.5) is 0 Å². The molecule has 0 nitrogen and oxygen atoms in total. The van der Waals surface area contributed by atoms with Crippen molar-refractivity contribution in [3.63, 3.8) is 0 Å². The molecule has 0 aliphatic heterocycles. The predicted octanol–water partition coefficient (Wildman–Crippen LogP) is 3.25. The van der Waals surface area contributed by atoms with Gasteiger partial charge >= 0.3 is 23.1 Å². The van der Waals surface area contributed by atoms with Gasteiger partial charge in [-0.05, 0) is 0 Å². The van der Waals surface area contributed by atoms with Gasteiger partial charge in [0.15, 0.2) is 0 Å². The number of hydrogen-bond acceptors (Lipinski definition) is 0. The Balaban J connectivity index is -0.0000000910. The number of rotatable bonds is 2. The van der Waals surface area contributed by atoms with Gasteiger partial charge in [0.25, 0.3) is 0 Å². The van der Waals surface area contributed by atoms with Crippen molar-refractivity contribution in [1.29, 1.82) is 0 Å². The summed E-state index contributed by atoms with van der Waals surface area (Å²) in [4.78, 5) is 0. The van der Waals surface area contributed by atoms with Crippen molar-refractivity contribution in [1.82, 2.24) is 0 Å². The Kier molecular flexibility index (Phi) is 27.9. The van der Waals surface area contributed by atoms with E-state index in [2.05, 4.69) is 34.6 Å². The van der Waals surface area contributed by atoms with Crippen LogP contribution in [0.5, 0.6) is 0 Å². The minimum Gasteiger partial charge on any atom is -0.343 e. The van der Waals surface area contributed by atoms with E-state index in [1.54, 1.807) is 0 Å². The summed E-state index contributed by atoms with van der Waals surface area (Å²) in [6.45, 7) is 12.1.